The Balaban J connectivity index is 0.000000367. The lowest BCUT2D eigenvalue weighted by atomic mass is 9.97. The van der Waals surface area contributed by atoms with Crippen molar-refractivity contribution >= 4 is 29.3 Å². The Labute approximate surface area is 242 Å². The molecule has 0 aliphatic carbocycles. The van der Waals surface area contributed by atoms with E-state index in [1.54, 1.807) is 0 Å². The molecule has 0 saturated heterocycles. The van der Waals surface area contributed by atoms with E-state index in [9.17, 15) is 13.6 Å². The molecule has 1 amide bonds. The number of hydrogen-bond acceptors (Lipinski definition) is 3. The van der Waals surface area contributed by atoms with Crippen LogP contribution in [0.2, 0.25) is 10.0 Å². The second-order valence-corrected chi connectivity index (χ2v) is 10.0. The molecule has 8 heteroatoms. The maximum absolute atomic E-state index is 13.1. The van der Waals surface area contributed by atoms with E-state index in [1.807, 2.05) is 58.9 Å². The highest BCUT2D eigenvalue weighted by Crippen LogP contribution is 2.28. The Kier molecular flexibility index (Phi) is 15.7. The zero-order valence-corrected chi connectivity index (χ0v) is 25.3. The summed E-state index contributed by atoms with van der Waals surface area (Å²) in [5, 5.41) is 4.10. The van der Waals surface area contributed by atoms with Crippen LogP contribution < -0.4 is 5.32 Å². The second kappa shape index (κ2) is 17.8. The lowest BCUT2D eigenvalue weighted by Gasteiger charge is -2.25. The van der Waals surface area contributed by atoms with Crippen LogP contribution in [0.25, 0.3) is 0 Å². The highest BCUT2D eigenvalue weighted by Gasteiger charge is 2.17. The average molecular weight is 582 g/mol. The predicted octanol–water partition coefficient (Wildman–Crippen LogP) is 9.26. The maximum Gasteiger partial charge on any atom is 0.407 e. The minimum Gasteiger partial charge on any atom is -0.449 e. The number of alkyl carbamates (subject to hydrolysis) is 1. The van der Waals surface area contributed by atoms with Gasteiger partial charge >= 0.3 is 6.09 Å². The average Bonchev–Trinajstić information content (AvgIpc) is 2.87. The van der Waals surface area contributed by atoms with Gasteiger partial charge in [0.2, 0.25) is 0 Å². The molecule has 0 aliphatic heterocycles. The van der Waals surface area contributed by atoms with Crippen molar-refractivity contribution in [1.29, 1.82) is 0 Å². The molecular weight excluding hydrogens is 541 g/mol. The molecule has 3 rings (SSSR count). The third kappa shape index (κ3) is 12.4. The molecule has 0 fully saturated rings. The fourth-order valence-corrected chi connectivity index (χ4v) is 4.05. The van der Waals surface area contributed by atoms with Crippen LogP contribution in [0.1, 0.15) is 69.7 Å². The van der Waals surface area contributed by atoms with Crippen LogP contribution in [0.5, 0.6) is 0 Å². The largest absolute Gasteiger partial charge is 0.449 e. The van der Waals surface area contributed by atoms with Crippen LogP contribution in [-0.4, -0.2) is 37.7 Å². The lowest BCUT2D eigenvalue weighted by molar-refractivity contribution is 0.135. The number of nitrogens with one attached hydrogen (secondary N) is 1. The number of nitrogens with zero attached hydrogens (tertiary/aromatic N) is 1. The van der Waals surface area contributed by atoms with Crippen molar-refractivity contribution in [3.63, 3.8) is 0 Å². The molecule has 214 valence electrons. The summed E-state index contributed by atoms with van der Waals surface area (Å²) in [5.41, 5.74) is 2.93. The normalized spacial score (nSPS) is 11.3. The van der Waals surface area contributed by atoms with Crippen molar-refractivity contribution in [2.45, 2.75) is 59.0 Å². The Morgan fingerprint density at radius 2 is 1.28 bits per heavy atom. The maximum atomic E-state index is 13.1. The Morgan fingerprint density at radius 1 is 0.846 bits per heavy atom. The molecule has 0 radical (unpaired) electrons. The highest BCUT2D eigenvalue weighted by molar-refractivity contribution is 6.30. The number of rotatable bonds is 8. The van der Waals surface area contributed by atoms with Gasteiger partial charge < -0.3 is 10.1 Å². The summed E-state index contributed by atoms with van der Waals surface area (Å²) in [7, 11) is 4.13. The number of benzene rings is 3. The molecule has 39 heavy (non-hydrogen) atoms. The predicted molar refractivity (Wildman–Crippen MR) is 159 cm³/mol. The number of carbonyl (C=O) groups is 1. The van der Waals surface area contributed by atoms with Crippen LogP contribution in [-0.2, 0) is 4.74 Å². The molecule has 0 saturated carbocycles. The Hall–Kier alpha value is -2.67. The summed E-state index contributed by atoms with van der Waals surface area (Å²) < 4.78 is 31.3. The van der Waals surface area contributed by atoms with Gasteiger partial charge in [0.15, 0.2) is 0 Å². The summed E-state index contributed by atoms with van der Waals surface area (Å²) in [6.07, 6.45) is 0.100. The molecule has 0 aliphatic rings. The molecular formula is C31H40Cl2F2N2O2. The number of carbonyl (C=O) groups excluding carboxylic acids is 1. The number of hydrogen-bond donors (Lipinski definition) is 1. The molecule has 0 aromatic heterocycles. The topological polar surface area (TPSA) is 41.6 Å². The van der Waals surface area contributed by atoms with Crippen molar-refractivity contribution in [3.8, 4) is 0 Å². The first-order valence-electron chi connectivity index (χ1n) is 13.1. The first-order chi connectivity index (χ1) is 18.5. The van der Waals surface area contributed by atoms with E-state index in [2.05, 4.69) is 48.6 Å². The molecule has 0 bridgehead atoms. The highest BCUT2D eigenvalue weighted by atomic mass is 35.5. The molecule has 1 atom stereocenters. The summed E-state index contributed by atoms with van der Waals surface area (Å²) in [6.45, 7) is 9.61. The zero-order valence-electron chi connectivity index (χ0n) is 23.8. The summed E-state index contributed by atoms with van der Waals surface area (Å²) in [4.78, 5) is 13.5. The molecule has 1 unspecified atom stereocenters. The molecule has 4 nitrogen and oxygen atoms in total. The monoisotopic (exact) mass is 580 g/mol. The molecule has 1 N–H and O–H groups in total. The smallest absolute Gasteiger partial charge is 0.407 e. The van der Waals surface area contributed by atoms with Gasteiger partial charge in [-0.25, -0.2) is 13.6 Å². The number of amides is 1. The van der Waals surface area contributed by atoms with Gasteiger partial charge in [0.25, 0.3) is 0 Å². The Morgan fingerprint density at radius 3 is 1.64 bits per heavy atom. The van der Waals surface area contributed by atoms with E-state index < -0.39 is 17.7 Å². The SMILES string of the molecule is CC.CCC(COC(=O)NC(C)C)c1cc(F)cc(F)c1.CN(C)C(c1ccc(Cl)cc1)c1ccc(Cl)cc1. The van der Waals surface area contributed by atoms with Crippen LogP contribution >= 0.6 is 23.2 Å². The quantitative estimate of drug-likeness (QED) is 0.288. The lowest BCUT2D eigenvalue weighted by Crippen LogP contribution is -2.31. The van der Waals surface area contributed by atoms with E-state index in [4.69, 9.17) is 27.9 Å². The van der Waals surface area contributed by atoms with Gasteiger partial charge in [-0.2, -0.15) is 0 Å². The van der Waals surface area contributed by atoms with Crippen molar-refractivity contribution in [2.75, 3.05) is 20.7 Å². The Bertz CT molecular complexity index is 1060. The van der Waals surface area contributed by atoms with Gasteiger partial charge in [0, 0.05) is 28.1 Å². The van der Waals surface area contributed by atoms with Crippen molar-refractivity contribution < 1.29 is 18.3 Å². The summed E-state index contributed by atoms with van der Waals surface area (Å²) in [5.74, 6) is -1.47. The fraction of sp³-hybridized carbons (Fsp3) is 0.387. The summed E-state index contributed by atoms with van der Waals surface area (Å²) >= 11 is 11.9. The second-order valence-electron chi connectivity index (χ2n) is 9.17. The van der Waals surface area contributed by atoms with E-state index in [0.717, 1.165) is 16.1 Å². The van der Waals surface area contributed by atoms with Crippen LogP contribution in [0.15, 0.2) is 66.7 Å². The van der Waals surface area contributed by atoms with Gasteiger partial charge in [-0.3, -0.25) is 4.90 Å². The van der Waals surface area contributed by atoms with E-state index in [1.165, 1.54) is 23.3 Å². The van der Waals surface area contributed by atoms with Gasteiger partial charge in [-0.15, -0.1) is 0 Å². The first kappa shape index (κ1) is 34.4. The first-order valence-corrected chi connectivity index (χ1v) is 13.8. The van der Waals surface area contributed by atoms with Gasteiger partial charge in [0.05, 0.1) is 6.04 Å². The zero-order chi connectivity index (χ0) is 29.5. The minimum absolute atomic E-state index is 0.0146. The van der Waals surface area contributed by atoms with Gasteiger partial charge in [0.1, 0.15) is 18.2 Å². The number of ether oxygens (including phenoxy) is 1. The van der Waals surface area contributed by atoms with Crippen molar-refractivity contribution in [2.24, 2.45) is 0 Å². The van der Waals surface area contributed by atoms with Crippen molar-refractivity contribution in [1.82, 2.24) is 10.2 Å². The van der Waals surface area contributed by atoms with E-state index in [0.29, 0.717) is 12.0 Å². The van der Waals surface area contributed by atoms with Crippen LogP contribution in [0.3, 0.4) is 0 Å². The van der Waals surface area contributed by atoms with E-state index in [-0.39, 0.29) is 24.6 Å². The third-order valence-corrected chi connectivity index (χ3v) is 6.06. The van der Waals surface area contributed by atoms with Gasteiger partial charge in [-0.1, -0.05) is 68.2 Å². The summed E-state index contributed by atoms with van der Waals surface area (Å²) in [6, 6.07) is 19.5. The molecule has 0 heterocycles. The third-order valence-electron chi connectivity index (χ3n) is 5.56. The van der Waals surface area contributed by atoms with Crippen molar-refractivity contribution in [3.05, 3.63) is 105 Å². The van der Waals surface area contributed by atoms with Crippen LogP contribution in [0, 0.1) is 11.6 Å². The fourth-order valence-electron chi connectivity index (χ4n) is 3.79. The molecule has 0 spiro atoms. The number of halogens is 4. The minimum atomic E-state index is -0.625. The van der Waals surface area contributed by atoms with Gasteiger partial charge in [-0.05, 0) is 87.5 Å². The molecule has 3 aromatic carbocycles. The van der Waals surface area contributed by atoms with Crippen LogP contribution in [0.4, 0.5) is 13.6 Å². The molecule has 3 aromatic rings. The van der Waals surface area contributed by atoms with E-state index >= 15 is 0 Å². The standard InChI is InChI=1S/C15H15Cl2N.C14H19F2NO2.C2H6/c1-18(2)15(11-3-7-13(16)8-4-11)12-5-9-14(17)10-6-12;1-4-10(8-19-14(18)17-9(2)3)11-5-12(15)7-13(16)6-11;1-2/h3-10,15H,1-2H3;5-7,9-10H,4,8H2,1-3H3,(H,17,18);1-2H3.